The normalized spacial score (nSPS) is 35.2. The monoisotopic (exact) mass is 605 g/mol. The Morgan fingerprint density at radius 3 is 2.45 bits per heavy atom. The first-order chi connectivity index (χ1) is 13.0. The van der Waals surface area contributed by atoms with Gasteiger partial charge >= 0.3 is 0 Å². The van der Waals surface area contributed by atoms with Gasteiger partial charge in [0.25, 0.3) is 7.82 Å². The van der Waals surface area contributed by atoms with E-state index in [1.54, 1.807) is 0 Å². The fraction of sp³-hybridized carbons (Fsp3) is 0.947. The predicted octanol–water partition coefficient (Wildman–Crippen LogP) is 2.40. The molecule has 8 nitrogen and oxygen atoms in total. The molecular weight excluding hydrogens is 569 g/mol. The summed E-state index contributed by atoms with van der Waals surface area (Å²) in [6, 6.07) is -0.180. The van der Waals surface area contributed by atoms with Crippen LogP contribution < -0.4 is 10.6 Å². The molecule has 2 rings (SSSR count). The second-order valence-electron chi connectivity index (χ2n) is 8.50. The molecule has 29 heavy (non-hydrogen) atoms. The van der Waals surface area contributed by atoms with Crippen molar-refractivity contribution in [3.8, 4) is 0 Å². The Labute approximate surface area is 189 Å². The van der Waals surface area contributed by atoms with Crippen LogP contribution in [0.1, 0.15) is 54.4 Å². The minimum Gasteiger partial charge on any atom is -0.756 e. The molecule has 0 radical (unpaired) electrons. The molecule has 1 saturated carbocycles. The third-order valence-corrected chi connectivity index (χ3v) is 6.15. The van der Waals surface area contributed by atoms with Gasteiger partial charge in [-0.05, 0) is 66.1 Å². The molecule has 172 valence electrons. The summed E-state index contributed by atoms with van der Waals surface area (Å²) in [6.45, 7) is 11.8. The summed E-state index contributed by atoms with van der Waals surface area (Å²) in [6.07, 6.45) is 0.876. The van der Waals surface area contributed by atoms with Crippen LogP contribution in [-0.2, 0) is 48.9 Å². The summed E-state index contributed by atoms with van der Waals surface area (Å²) < 4.78 is 40.1. The van der Waals surface area contributed by atoms with Gasteiger partial charge in [-0.1, -0.05) is 6.92 Å². The smallest absolute Gasteiger partial charge is 0.265 e. The molecule has 1 saturated heterocycles. The number of hydrogen-bond acceptors (Lipinski definition) is 8. The number of hydrogen-bond donors (Lipinski definition) is 1. The van der Waals surface area contributed by atoms with Gasteiger partial charge in [0.1, 0.15) is 0 Å². The largest absolute Gasteiger partial charge is 0.756 e. The standard InChI is InChI=1S/C19H37NO7P.W/c1-11(2)23-9-15-16(7-13(5)19(15)20)27-28(21,22)24-10-18-17(25-12(3)4)8-14(6)26-18;/h11-17,19H,7-10,20H2,1-6H3,(H,21,22);/q-1;/p-1/t13-,14-,15+,16+,17?,19?;/m0./s1. The average molecular weight is 605 g/mol. The Bertz CT molecular complexity index is 539. The van der Waals surface area contributed by atoms with Crippen molar-refractivity contribution in [3.05, 3.63) is 6.10 Å². The maximum atomic E-state index is 12.4. The van der Waals surface area contributed by atoms with E-state index < -0.39 is 13.9 Å². The van der Waals surface area contributed by atoms with E-state index in [0.29, 0.717) is 25.6 Å². The molecule has 2 aliphatic rings. The molecule has 2 N–H and O–H groups in total. The van der Waals surface area contributed by atoms with Crippen LogP contribution in [0.15, 0.2) is 0 Å². The number of ether oxygens (including phenoxy) is 3. The van der Waals surface area contributed by atoms with Crippen LogP contribution in [0, 0.1) is 17.9 Å². The molecule has 1 aliphatic heterocycles. The van der Waals surface area contributed by atoms with E-state index in [2.05, 4.69) is 0 Å². The van der Waals surface area contributed by atoms with Crippen LogP contribution in [0.2, 0.25) is 0 Å². The molecule has 1 heterocycles. The number of nitrogens with two attached hydrogens (primary N) is 1. The summed E-state index contributed by atoms with van der Waals surface area (Å²) in [5.74, 6) is -0.0568. The maximum Gasteiger partial charge on any atom is 0.265 e. The molecule has 0 spiro atoms. The topological polar surface area (TPSA) is 112 Å². The Morgan fingerprint density at radius 1 is 1.21 bits per heavy atom. The van der Waals surface area contributed by atoms with Gasteiger partial charge in [-0.25, -0.2) is 0 Å². The first-order valence-corrected chi connectivity index (χ1v) is 11.6. The first-order valence-electron chi connectivity index (χ1n) is 10.2. The van der Waals surface area contributed by atoms with Crippen molar-refractivity contribution in [2.24, 2.45) is 17.6 Å². The van der Waals surface area contributed by atoms with Gasteiger partial charge in [-0.3, -0.25) is 4.57 Å². The van der Waals surface area contributed by atoms with Gasteiger partial charge in [0.2, 0.25) is 0 Å². The minimum absolute atomic E-state index is 0. The number of rotatable bonds is 10. The molecule has 0 aromatic rings. The van der Waals surface area contributed by atoms with Crippen LogP contribution in [-0.4, -0.2) is 49.8 Å². The average Bonchev–Trinajstić information content (AvgIpc) is 3.02. The molecule has 1 aliphatic carbocycles. The summed E-state index contributed by atoms with van der Waals surface area (Å²) in [5.41, 5.74) is 6.24. The van der Waals surface area contributed by atoms with Crippen LogP contribution in [0.3, 0.4) is 0 Å². The third kappa shape index (κ3) is 8.59. The molecule has 3 unspecified atom stereocenters. The van der Waals surface area contributed by atoms with Crippen molar-refractivity contribution in [3.63, 3.8) is 0 Å². The van der Waals surface area contributed by atoms with Gasteiger partial charge in [-0.15, -0.1) is 6.10 Å². The SMILES string of the molecule is CC(C)OC[C@H]1C(N)[C@@H](C)C[C@H]1OP(=O)([O-])OC[C-]1O[C@@H](C)CC1OC(C)C.[W]. The van der Waals surface area contributed by atoms with E-state index in [9.17, 15) is 9.46 Å². The van der Waals surface area contributed by atoms with Crippen molar-refractivity contribution >= 4 is 7.82 Å². The molecule has 10 heteroatoms. The van der Waals surface area contributed by atoms with E-state index in [4.69, 9.17) is 29.0 Å². The van der Waals surface area contributed by atoms with Crippen LogP contribution in [0.25, 0.3) is 0 Å². The zero-order chi connectivity index (χ0) is 21.1. The van der Waals surface area contributed by atoms with Crippen LogP contribution in [0.4, 0.5) is 0 Å². The summed E-state index contributed by atoms with van der Waals surface area (Å²) in [4.78, 5) is 12.4. The molecule has 0 bridgehead atoms. The Balaban J connectivity index is 0.00000420. The Morgan fingerprint density at radius 2 is 1.86 bits per heavy atom. The number of phosphoric ester groups is 1. The van der Waals surface area contributed by atoms with Gasteiger partial charge in [0.15, 0.2) is 0 Å². The Hall–Kier alpha value is 0.638. The fourth-order valence-electron chi connectivity index (χ4n) is 3.75. The van der Waals surface area contributed by atoms with Crippen LogP contribution >= 0.6 is 7.82 Å². The van der Waals surface area contributed by atoms with E-state index in [1.807, 2.05) is 41.5 Å². The summed E-state index contributed by atoms with van der Waals surface area (Å²) >= 11 is 0. The Kier molecular flexibility index (Phi) is 11.5. The van der Waals surface area contributed by atoms with E-state index in [-0.39, 0.29) is 70.0 Å². The maximum absolute atomic E-state index is 12.4. The van der Waals surface area contributed by atoms with Gasteiger partial charge in [0.05, 0.1) is 18.8 Å². The zero-order valence-corrected chi connectivity index (χ0v) is 22.1. The fourth-order valence-corrected chi connectivity index (χ4v) is 4.67. The predicted molar refractivity (Wildman–Crippen MR) is 103 cm³/mol. The van der Waals surface area contributed by atoms with E-state index in [0.717, 1.165) is 0 Å². The quantitative estimate of drug-likeness (QED) is 0.299. The molecule has 0 aromatic carbocycles. The van der Waals surface area contributed by atoms with E-state index >= 15 is 0 Å². The van der Waals surface area contributed by atoms with Crippen molar-refractivity contribution in [2.75, 3.05) is 13.2 Å². The second kappa shape index (κ2) is 12.0. The van der Waals surface area contributed by atoms with Gasteiger partial charge < -0.3 is 33.9 Å². The third-order valence-electron chi connectivity index (χ3n) is 5.18. The van der Waals surface area contributed by atoms with Gasteiger partial charge in [0, 0.05) is 45.2 Å². The first kappa shape index (κ1) is 27.7. The molecular formula is C19H36NO7PW-2. The van der Waals surface area contributed by atoms with Crippen LogP contribution in [0.5, 0.6) is 0 Å². The molecule has 0 aromatic heterocycles. The van der Waals surface area contributed by atoms with Crippen molar-refractivity contribution < 1.29 is 53.8 Å². The minimum atomic E-state index is -4.53. The second-order valence-corrected chi connectivity index (χ2v) is 9.87. The van der Waals surface area contributed by atoms with Gasteiger partial charge in [-0.2, -0.15) is 0 Å². The molecule has 0 amide bonds. The van der Waals surface area contributed by atoms with Crippen molar-refractivity contribution in [1.82, 2.24) is 0 Å². The zero-order valence-electron chi connectivity index (χ0n) is 18.2. The van der Waals surface area contributed by atoms with E-state index in [1.165, 1.54) is 0 Å². The van der Waals surface area contributed by atoms with Crippen molar-refractivity contribution in [2.45, 2.75) is 90.9 Å². The molecule has 7 atom stereocenters. The molecule has 2 fully saturated rings. The summed E-state index contributed by atoms with van der Waals surface area (Å²) in [5, 5.41) is 0. The number of phosphoric acid groups is 1. The van der Waals surface area contributed by atoms with Crippen molar-refractivity contribution in [1.29, 1.82) is 0 Å². The summed E-state index contributed by atoms with van der Waals surface area (Å²) in [7, 11) is -4.53.